The quantitative estimate of drug-likeness (QED) is 0.521. The van der Waals surface area contributed by atoms with Gasteiger partial charge in [0.05, 0.1) is 6.10 Å². The van der Waals surface area contributed by atoms with Gasteiger partial charge in [0.25, 0.3) is 8.32 Å². The molecule has 0 amide bonds. The van der Waals surface area contributed by atoms with Gasteiger partial charge in [-0.25, -0.2) is 0 Å². The van der Waals surface area contributed by atoms with E-state index in [0.29, 0.717) is 6.42 Å². The van der Waals surface area contributed by atoms with Crippen molar-refractivity contribution in [2.75, 3.05) is 0 Å². The van der Waals surface area contributed by atoms with E-state index in [4.69, 9.17) is 4.43 Å². The molecule has 0 radical (unpaired) electrons. The second-order valence-electron chi connectivity index (χ2n) is 7.59. The number of hydrogen-bond donors (Lipinski definition) is 0. The van der Waals surface area contributed by atoms with Gasteiger partial charge in [0, 0.05) is 6.42 Å². The summed E-state index contributed by atoms with van der Waals surface area (Å²) in [6.45, 7) is 8.95. The van der Waals surface area contributed by atoms with Crippen molar-refractivity contribution >= 4 is 25.0 Å². The number of carbonyl (C=O) groups is 1. The van der Waals surface area contributed by atoms with Crippen molar-refractivity contribution in [1.82, 2.24) is 0 Å². The predicted octanol–water partition coefficient (Wildman–Crippen LogP) is 4.32. The van der Waals surface area contributed by atoms with E-state index in [1.165, 1.54) is 10.4 Å². The molecule has 0 N–H and O–H groups in total. The molecule has 0 aliphatic heterocycles. The molecule has 0 aliphatic rings. The number of aldehydes is 1. The van der Waals surface area contributed by atoms with Crippen LogP contribution in [0.5, 0.6) is 0 Å². The summed E-state index contributed by atoms with van der Waals surface area (Å²) in [5.41, 5.74) is 0. The highest BCUT2D eigenvalue weighted by molar-refractivity contribution is 6.99. The summed E-state index contributed by atoms with van der Waals surface area (Å²) in [5, 5.41) is 2.48. The zero-order valence-electron chi connectivity index (χ0n) is 15.9. The highest BCUT2D eigenvalue weighted by Gasteiger charge is 2.51. The molecule has 134 valence electrons. The van der Waals surface area contributed by atoms with E-state index in [1.807, 2.05) is 12.1 Å². The lowest BCUT2D eigenvalue weighted by atomic mass is 10.2. The first-order chi connectivity index (χ1) is 12.0. The first kappa shape index (κ1) is 19.6. The van der Waals surface area contributed by atoms with Crippen molar-refractivity contribution in [2.24, 2.45) is 0 Å². The summed E-state index contributed by atoms with van der Waals surface area (Å²) in [5.74, 6) is 0. The van der Waals surface area contributed by atoms with Crippen LogP contribution in [0.2, 0.25) is 5.04 Å². The average Bonchev–Trinajstić information content (AvgIpc) is 2.60. The van der Waals surface area contributed by atoms with Crippen LogP contribution in [0.4, 0.5) is 0 Å². The van der Waals surface area contributed by atoms with E-state index >= 15 is 0 Å². The van der Waals surface area contributed by atoms with Gasteiger partial charge < -0.3 is 9.22 Å². The zero-order chi connectivity index (χ0) is 18.3. The Balaban J connectivity index is 2.65. The van der Waals surface area contributed by atoms with Crippen LogP contribution in [0.15, 0.2) is 60.7 Å². The Kier molecular flexibility index (Phi) is 6.74. The molecule has 2 aromatic rings. The van der Waals surface area contributed by atoms with Gasteiger partial charge in [-0.15, -0.1) is 0 Å². The summed E-state index contributed by atoms with van der Waals surface area (Å²) in [7, 11) is -2.55. The second-order valence-corrected chi connectivity index (χ2v) is 11.8. The molecule has 25 heavy (non-hydrogen) atoms. The van der Waals surface area contributed by atoms with Crippen molar-refractivity contribution < 1.29 is 9.22 Å². The maximum Gasteiger partial charge on any atom is 0.261 e. The Morgan fingerprint density at radius 1 is 0.960 bits per heavy atom. The van der Waals surface area contributed by atoms with Gasteiger partial charge in [-0.05, 0) is 21.8 Å². The number of benzene rings is 2. The van der Waals surface area contributed by atoms with E-state index in [-0.39, 0.29) is 11.1 Å². The Bertz CT molecular complexity index is 607. The Morgan fingerprint density at radius 2 is 1.44 bits per heavy atom. The van der Waals surface area contributed by atoms with E-state index in [0.717, 1.165) is 19.1 Å². The third-order valence-electron chi connectivity index (χ3n) is 4.73. The van der Waals surface area contributed by atoms with Crippen LogP contribution < -0.4 is 10.4 Å². The fourth-order valence-corrected chi connectivity index (χ4v) is 8.32. The van der Waals surface area contributed by atoms with Crippen molar-refractivity contribution in [3.8, 4) is 0 Å². The molecule has 0 bridgehead atoms. The normalized spacial score (nSPS) is 13.4. The number of carbonyl (C=O) groups excluding carboxylic acids is 1. The van der Waals surface area contributed by atoms with E-state index in [1.54, 1.807) is 0 Å². The van der Waals surface area contributed by atoms with Crippen LogP contribution in [0.25, 0.3) is 0 Å². The lowest BCUT2D eigenvalue weighted by Crippen LogP contribution is -2.67. The Hall–Kier alpha value is -1.71. The molecule has 0 saturated heterocycles. The molecule has 2 aromatic carbocycles. The molecule has 0 heterocycles. The first-order valence-corrected chi connectivity index (χ1v) is 11.1. The van der Waals surface area contributed by atoms with E-state index in [2.05, 4.69) is 76.2 Å². The molecule has 0 saturated carbocycles. The standard InChI is InChI=1S/C22H30O2Si/c1-5-12-19(17-18-23)24-25(22(2,3)4,20-13-8-6-9-14-20)21-15-10-7-11-16-21/h6-11,13-16,18-19H,5,12,17H2,1-4H3/t19-/m0/s1. The van der Waals surface area contributed by atoms with Crippen molar-refractivity contribution in [1.29, 1.82) is 0 Å². The van der Waals surface area contributed by atoms with Gasteiger partial charge in [-0.3, -0.25) is 0 Å². The molecule has 2 nitrogen and oxygen atoms in total. The fourth-order valence-electron chi connectivity index (χ4n) is 3.60. The third-order valence-corrected chi connectivity index (χ3v) is 9.82. The van der Waals surface area contributed by atoms with Crippen LogP contribution in [0.3, 0.4) is 0 Å². The number of hydrogen-bond acceptors (Lipinski definition) is 2. The highest BCUT2D eigenvalue weighted by atomic mass is 28.4. The third kappa shape index (κ3) is 4.28. The molecule has 3 heteroatoms. The SMILES string of the molecule is CCC[C@@H](CC=O)O[Si](c1ccccc1)(c1ccccc1)C(C)(C)C. The van der Waals surface area contributed by atoms with Crippen molar-refractivity contribution in [2.45, 2.75) is 58.1 Å². The largest absolute Gasteiger partial charge is 0.404 e. The maximum absolute atomic E-state index is 11.2. The molecule has 0 aliphatic carbocycles. The van der Waals surface area contributed by atoms with E-state index in [9.17, 15) is 4.79 Å². The minimum absolute atomic E-state index is 0.0335. The smallest absolute Gasteiger partial charge is 0.261 e. The fraction of sp³-hybridized carbons (Fsp3) is 0.409. The first-order valence-electron chi connectivity index (χ1n) is 9.18. The lowest BCUT2D eigenvalue weighted by Gasteiger charge is -2.45. The topological polar surface area (TPSA) is 26.3 Å². The minimum atomic E-state index is -2.55. The van der Waals surface area contributed by atoms with Crippen LogP contribution in [-0.4, -0.2) is 20.7 Å². The summed E-state index contributed by atoms with van der Waals surface area (Å²) in [6, 6.07) is 21.2. The highest BCUT2D eigenvalue weighted by Crippen LogP contribution is 2.38. The second kappa shape index (κ2) is 8.59. The van der Waals surface area contributed by atoms with Gasteiger partial charge >= 0.3 is 0 Å². The molecular weight excluding hydrogens is 324 g/mol. The predicted molar refractivity (Wildman–Crippen MR) is 108 cm³/mol. The molecule has 0 aromatic heterocycles. The molecule has 1 atom stereocenters. The van der Waals surface area contributed by atoms with Gasteiger partial charge in [-0.2, -0.15) is 0 Å². The van der Waals surface area contributed by atoms with Crippen LogP contribution in [0, 0.1) is 0 Å². The van der Waals surface area contributed by atoms with Crippen molar-refractivity contribution in [3.05, 3.63) is 60.7 Å². The molecule has 0 unspecified atom stereocenters. The summed E-state index contributed by atoms with van der Waals surface area (Å²) < 4.78 is 6.96. The van der Waals surface area contributed by atoms with Crippen LogP contribution >= 0.6 is 0 Å². The van der Waals surface area contributed by atoms with Gasteiger partial charge in [-0.1, -0.05) is 94.8 Å². The van der Waals surface area contributed by atoms with Gasteiger partial charge in [0.2, 0.25) is 0 Å². The molecule has 0 fully saturated rings. The van der Waals surface area contributed by atoms with Crippen molar-refractivity contribution in [3.63, 3.8) is 0 Å². The lowest BCUT2D eigenvalue weighted by molar-refractivity contribution is -0.109. The van der Waals surface area contributed by atoms with Gasteiger partial charge in [0.15, 0.2) is 0 Å². The monoisotopic (exact) mass is 354 g/mol. The molecular formula is C22H30O2Si. The molecule has 0 spiro atoms. The van der Waals surface area contributed by atoms with Crippen LogP contribution in [-0.2, 0) is 9.22 Å². The summed E-state index contributed by atoms with van der Waals surface area (Å²) >= 11 is 0. The van der Waals surface area contributed by atoms with Crippen LogP contribution in [0.1, 0.15) is 47.0 Å². The summed E-state index contributed by atoms with van der Waals surface area (Å²) in [4.78, 5) is 11.2. The van der Waals surface area contributed by atoms with E-state index < -0.39 is 8.32 Å². The Labute approximate surface area is 153 Å². The Morgan fingerprint density at radius 3 is 1.80 bits per heavy atom. The maximum atomic E-state index is 11.2. The zero-order valence-corrected chi connectivity index (χ0v) is 16.9. The average molecular weight is 355 g/mol. The van der Waals surface area contributed by atoms with Gasteiger partial charge in [0.1, 0.15) is 6.29 Å². The number of rotatable bonds is 8. The minimum Gasteiger partial charge on any atom is -0.404 e. The molecule has 2 rings (SSSR count). The summed E-state index contributed by atoms with van der Waals surface area (Å²) in [6.07, 6.45) is 3.34.